The van der Waals surface area contributed by atoms with E-state index in [0.717, 1.165) is 0 Å². The maximum Gasteiger partial charge on any atom is 0.330 e. The lowest BCUT2D eigenvalue weighted by molar-refractivity contribution is -0.134. The Morgan fingerprint density at radius 2 is 1.95 bits per heavy atom. The third kappa shape index (κ3) is 8.53. The summed E-state index contributed by atoms with van der Waals surface area (Å²) in [6.45, 7) is 4.48. The molecule has 3 atom stereocenters. The first-order valence-corrected chi connectivity index (χ1v) is 6.20. The summed E-state index contributed by atoms with van der Waals surface area (Å²) in [6.07, 6.45) is 5.94. The summed E-state index contributed by atoms with van der Waals surface area (Å²) in [5.74, 6) is -0.443. The van der Waals surface area contributed by atoms with Crippen LogP contribution in [0, 0.1) is 11.8 Å². The summed E-state index contributed by atoms with van der Waals surface area (Å²) >= 11 is 0. The number of esters is 1. The maximum absolute atomic E-state index is 10.8. The van der Waals surface area contributed by atoms with Crippen molar-refractivity contribution in [3.8, 4) is 0 Å². The minimum Gasteiger partial charge on any atom is -0.466 e. The molecule has 5 heteroatoms. The van der Waals surface area contributed by atoms with Crippen LogP contribution in [0.3, 0.4) is 0 Å². The molecule has 0 aromatic carbocycles. The number of ether oxygens (including phenoxy) is 3. The molecule has 0 saturated heterocycles. The molecule has 110 valence electrons. The van der Waals surface area contributed by atoms with Crippen LogP contribution in [-0.2, 0) is 19.0 Å². The number of aliphatic hydroxyl groups excluding tert-OH is 1. The average Bonchev–Trinajstić information content (AvgIpc) is 2.42. The summed E-state index contributed by atoms with van der Waals surface area (Å²) in [5.41, 5.74) is 0. The highest BCUT2D eigenvalue weighted by Gasteiger charge is 2.19. The zero-order valence-corrected chi connectivity index (χ0v) is 12.0. The van der Waals surface area contributed by atoms with Gasteiger partial charge in [-0.1, -0.05) is 32.1 Å². The highest BCUT2D eigenvalue weighted by Crippen LogP contribution is 2.14. The molecule has 0 aliphatic heterocycles. The number of allylic oxidation sites excluding steroid dienone is 2. The largest absolute Gasteiger partial charge is 0.466 e. The van der Waals surface area contributed by atoms with Gasteiger partial charge in [-0.25, -0.2) is 4.79 Å². The predicted octanol–water partition coefficient (Wildman–Crippen LogP) is 1.53. The van der Waals surface area contributed by atoms with Crippen molar-refractivity contribution in [2.45, 2.75) is 20.0 Å². The maximum atomic E-state index is 10.8. The molecule has 0 aliphatic carbocycles. The Kier molecular flexibility index (Phi) is 10.1. The lowest BCUT2D eigenvalue weighted by Gasteiger charge is -2.22. The van der Waals surface area contributed by atoms with Gasteiger partial charge in [0.15, 0.2) is 0 Å². The van der Waals surface area contributed by atoms with Crippen molar-refractivity contribution in [3.05, 3.63) is 24.3 Å². The molecular formula is C14H24O5. The van der Waals surface area contributed by atoms with Gasteiger partial charge in [0, 0.05) is 25.0 Å². The molecule has 0 radical (unpaired) electrons. The molecule has 19 heavy (non-hydrogen) atoms. The molecule has 0 fully saturated rings. The number of rotatable bonds is 9. The van der Waals surface area contributed by atoms with Gasteiger partial charge in [-0.05, 0) is 0 Å². The fourth-order valence-electron chi connectivity index (χ4n) is 1.49. The van der Waals surface area contributed by atoms with Crippen LogP contribution in [0.1, 0.15) is 13.8 Å². The minimum absolute atomic E-state index is 0.000568. The van der Waals surface area contributed by atoms with Crippen LogP contribution in [-0.4, -0.2) is 44.8 Å². The van der Waals surface area contributed by atoms with Crippen molar-refractivity contribution in [3.63, 3.8) is 0 Å². The molecule has 0 aromatic rings. The van der Waals surface area contributed by atoms with Crippen molar-refractivity contribution < 1.29 is 24.1 Å². The molecule has 0 rings (SSSR count). The van der Waals surface area contributed by atoms with Crippen LogP contribution >= 0.6 is 0 Å². The fraction of sp³-hybridized carbons (Fsp3) is 0.643. The molecule has 5 nitrogen and oxygen atoms in total. The monoisotopic (exact) mass is 272 g/mol. The summed E-state index contributed by atoms with van der Waals surface area (Å²) in [5, 5.41) is 10.1. The van der Waals surface area contributed by atoms with Gasteiger partial charge in [-0.15, -0.1) is 0 Å². The number of methoxy groups -OCH3 is 2. The number of carbonyl (C=O) groups is 1. The first kappa shape index (κ1) is 17.8. The number of aliphatic hydroxyl groups is 1. The molecular weight excluding hydrogens is 248 g/mol. The first-order chi connectivity index (χ1) is 9.02. The SMILES string of the molecule is COCOCC(C)C(O)C(C)/C=C/C=C/C(=O)OC. The van der Waals surface area contributed by atoms with Crippen molar-refractivity contribution in [1.29, 1.82) is 0 Å². The van der Waals surface area contributed by atoms with E-state index in [1.807, 2.05) is 19.9 Å². The molecule has 3 unspecified atom stereocenters. The highest BCUT2D eigenvalue weighted by atomic mass is 16.7. The highest BCUT2D eigenvalue weighted by molar-refractivity contribution is 5.82. The van der Waals surface area contributed by atoms with Gasteiger partial charge >= 0.3 is 5.97 Å². The van der Waals surface area contributed by atoms with E-state index in [1.165, 1.54) is 13.2 Å². The number of hydrogen-bond acceptors (Lipinski definition) is 5. The quantitative estimate of drug-likeness (QED) is 0.227. The van der Waals surface area contributed by atoms with Crippen molar-refractivity contribution in [2.75, 3.05) is 27.6 Å². The van der Waals surface area contributed by atoms with E-state index >= 15 is 0 Å². The van der Waals surface area contributed by atoms with Gasteiger partial charge < -0.3 is 19.3 Å². The van der Waals surface area contributed by atoms with E-state index in [9.17, 15) is 9.90 Å². The Labute approximate surface area is 114 Å². The van der Waals surface area contributed by atoms with Crippen LogP contribution in [0.5, 0.6) is 0 Å². The van der Waals surface area contributed by atoms with Crippen LogP contribution in [0.4, 0.5) is 0 Å². The van der Waals surface area contributed by atoms with Crippen molar-refractivity contribution in [2.24, 2.45) is 11.8 Å². The Hall–Kier alpha value is -1.17. The van der Waals surface area contributed by atoms with E-state index in [1.54, 1.807) is 19.3 Å². The van der Waals surface area contributed by atoms with Gasteiger partial charge in [0.1, 0.15) is 6.79 Å². The van der Waals surface area contributed by atoms with E-state index in [-0.39, 0.29) is 18.6 Å². The van der Waals surface area contributed by atoms with Crippen LogP contribution < -0.4 is 0 Å². The smallest absolute Gasteiger partial charge is 0.330 e. The zero-order chi connectivity index (χ0) is 14.7. The third-order valence-corrected chi connectivity index (χ3v) is 2.66. The van der Waals surface area contributed by atoms with E-state index < -0.39 is 12.1 Å². The summed E-state index contributed by atoms with van der Waals surface area (Å²) in [7, 11) is 2.88. The second kappa shape index (κ2) is 10.7. The zero-order valence-electron chi connectivity index (χ0n) is 12.0. The van der Waals surface area contributed by atoms with Crippen LogP contribution in [0.2, 0.25) is 0 Å². The lowest BCUT2D eigenvalue weighted by atomic mass is 9.93. The van der Waals surface area contributed by atoms with Gasteiger partial charge in [-0.3, -0.25) is 0 Å². The summed E-state index contributed by atoms with van der Waals surface area (Å²) in [6, 6.07) is 0. The second-order valence-corrected chi connectivity index (χ2v) is 4.37. The van der Waals surface area contributed by atoms with Crippen molar-refractivity contribution >= 4 is 5.97 Å². The molecule has 0 aliphatic rings. The van der Waals surface area contributed by atoms with E-state index in [4.69, 9.17) is 9.47 Å². The average molecular weight is 272 g/mol. The second-order valence-electron chi connectivity index (χ2n) is 4.37. The number of hydrogen-bond donors (Lipinski definition) is 1. The Balaban J connectivity index is 4.10. The molecule has 0 saturated carbocycles. The van der Waals surface area contributed by atoms with Gasteiger partial charge in [0.05, 0.1) is 19.8 Å². The first-order valence-electron chi connectivity index (χ1n) is 6.20. The third-order valence-electron chi connectivity index (χ3n) is 2.66. The lowest BCUT2D eigenvalue weighted by Crippen LogP contribution is -2.28. The van der Waals surface area contributed by atoms with Gasteiger partial charge in [-0.2, -0.15) is 0 Å². The minimum atomic E-state index is -0.514. The summed E-state index contributed by atoms with van der Waals surface area (Å²) in [4.78, 5) is 10.8. The van der Waals surface area contributed by atoms with Gasteiger partial charge in [0.2, 0.25) is 0 Å². The van der Waals surface area contributed by atoms with E-state index in [0.29, 0.717) is 6.61 Å². The molecule has 0 aromatic heterocycles. The Morgan fingerprint density at radius 1 is 1.26 bits per heavy atom. The molecule has 0 heterocycles. The molecule has 0 bridgehead atoms. The molecule has 0 amide bonds. The van der Waals surface area contributed by atoms with Gasteiger partial charge in [0.25, 0.3) is 0 Å². The Bertz CT molecular complexity index is 298. The van der Waals surface area contributed by atoms with E-state index in [2.05, 4.69) is 4.74 Å². The van der Waals surface area contributed by atoms with Crippen LogP contribution in [0.25, 0.3) is 0 Å². The topological polar surface area (TPSA) is 65.0 Å². The molecule has 0 spiro atoms. The Morgan fingerprint density at radius 3 is 2.53 bits per heavy atom. The summed E-state index contributed by atoms with van der Waals surface area (Å²) < 4.78 is 14.4. The van der Waals surface area contributed by atoms with Crippen LogP contribution in [0.15, 0.2) is 24.3 Å². The normalized spacial score (nSPS) is 16.7. The molecule has 1 N–H and O–H groups in total. The predicted molar refractivity (Wildman–Crippen MR) is 72.5 cm³/mol. The standard InChI is InChI=1S/C14H24O5/c1-11(7-5-6-8-13(15)18-4)14(16)12(2)9-19-10-17-3/h5-8,11-12,14,16H,9-10H2,1-4H3/b7-5+,8-6+. The fourth-order valence-corrected chi connectivity index (χ4v) is 1.49. The number of carbonyl (C=O) groups excluding carboxylic acids is 1. The van der Waals surface area contributed by atoms with Crippen molar-refractivity contribution in [1.82, 2.24) is 0 Å².